The van der Waals surface area contributed by atoms with Crippen molar-refractivity contribution in [2.75, 3.05) is 34.4 Å². The number of aliphatic hydroxyl groups is 1. The summed E-state index contributed by atoms with van der Waals surface area (Å²) in [5, 5.41) is 20.6. The molecule has 0 radical (unpaired) electrons. The number of piperidine rings is 1. The van der Waals surface area contributed by atoms with Crippen LogP contribution in [0.25, 0.3) is 0 Å². The van der Waals surface area contributed by atoms with Gasteiger partial charge in [0.05, 0.1) is 39.5 Å². The summed E-state index contributed by atoms with van der Waals surface area (Å²) in [6, 6.07) is 6.15. The standard InChI is InChI=1S/C20H28N2O4/c1-24-16-12-14(13-17(25-2)19(16)26-3)18-15-6-4-5-7-20(15,23)8-10-22(18)11-9-21/h12-13,15,18,23H,4-8,10-11H2,1-3H3/t15-,18-,20-/m1/s1. The molecule has 26 heavy (non-hydrogen) atoms. The lowest BCUT2D eigenvalue weighted by Crippen LogP contribution is -2.54. The van der Waals surface area contributed by atoms with Gasteiger partial charge in [0.2, 0.25) is 5.75 Å². The number of hydrogen-bond acceptors (Lipinski definition) is 6. The molecule has 1 saturated carbocycles. The SMILES string of the molecule is COc1cc([C@@H]2[C@H]3CCCC[C@@]3(O)CCN2CC#N)cc(OC)c1OC. The molecular weight excluding hydrogens is 332 g/mol. The normalized spacial score (nSPS) is 28.7. The summed E-state index contributed by atoms with van der Waals surface area (Å²) in [4.78, 5) is 2.17. The predicted molar refractivity (Wildman–Crippen MR) is 97.5 cm³/mol. The van der Waals surface area contributed by atoms with Gasteiger partial charge in [-0.15, -0.1) is 0 Å². The molecule has 3 rings (SSSR count). The number of rotatable bonds is 5. The van der Waals surface area contributed by atoms with E-state index in [2.05, 4.69) is 11.0 Å². The minimum absolute atomic E-state index is 0.0394. The zero-order chi connectivity index (χ0) is 18.7. The van der Waals surface area contributed by atoms with Gasteiger partial charge in [0.1, 0.15) is 0 Å². The second-order valence-electron chi connectivity index (χ2n) is 7.24. The second-order valence-corrected chi connectivity index (χ2v) is 7.24. The molecule has 1 aliphatic carbocycles. The van der Waals surface area contributed by atoms with Crippen molar-refractivity contribution in [2.24, 2.45) is 5.92 Å². The number of nitrogens with zero attached hydrogens (tertiary/aromatic N) is 2. The number of likely N-dealkylation sites (tertiary alicyclic amines) is 1. The minimum atomic E-state index is -0.657. The molecule has 6 nitrogen and oxygen atoms in total. The topological polar surface area (TPSA) is 75.0 Å². The van der Waals surface area contributed by atoms with Gasteiger partial charge in [-0.3, -0.25) is 4.90 Å². The molecule has 1 aliphatic heterocycles. The maximum absolute atomic E-state index is 11.3. The van der Waals surface area contributed by atoms with Crippen molar-refractivity contribution in [3.05, 3.63) is 17.7 Å². The maximum Gasteiger partial charge on any atom is 0.203 e. The van der Waals surface area contributed by atoms with Gasteiger partial charge >= 0.3 is 0 Å². The molecule has 0 aromatic heterocycles. The zero-order valence-corrected chi connectivity index (χ0v) is 15.8. The lowest BCUT2D eigenvalue weighted by molar-refractivity contribution is -0.121. The van der Waals surface area contributed by atoms with E-state index in [1.54, 1.807) is 21.3 Å². The zero-order valence-electron chi connectivity index (χ0n) is 15.8. The first-order valence-corrected chi connectivity index (χ1v) is 9.21. The third-order valence-corrected chi connectivity index (χ3v) is 5.97. The molecule has 0 spiro atoms. The van der Waals surface area contributed by atoms with E-state index < -0.39 is 5.60 Å². The second kappa shape index (κ2) is 7.73. The van der Waals surface area contributed by atoms with E-state index in [1.807, 2.05) is 12.1 Å². The van der Waals surface area contributed by atoms with Crippen LogP contribution < -0.4 is 14.2 Å². The Hall–Kier alpha value is -1.97. The monoisotopic (exact) mass is 360 g/mol. The van der Waals surface area contributed by atoms with Crippen LogP contribution in [0, 0.1) is 17.2 Å². The Balaban J connectivity index is 2.08. The van der Waals surface area contributed by atoms with Crippen LogP contribution in [0.3, 0.4) is 0 Å². The van der Waals surface area contributed by atoms with Crippen LogP contribution in [0.4, 0.5) is 0 Å². The molecule has 3 atom stereocenters. The highest BCUT2D eigenvalue weighted by Crippen LogP contribution is 2.51. The first kappa shape index (κ1) is 18.8. The lowest BCUT2D eigenvalue weighted by Gasteiger charge is -2.52. The first-order valence-electron chi connectivity index (χ1n) is 9.21. The van der Waals surface area contributed by atoms with Crippen LogP contribution in [0.2, 0.25) is 0 Å². The fraction of sp³-hybridized carbons (Fsp3) is 0.650. The first-order chi connectivity index (χ1) is 12.6. The van der Waals surface area contributed by atoms with Crippen molar-refractivity contribution >= 4 is 0 Å². The Morgan fingerprint density at radius 2 is 1.85 bits per heavy atom. The highest BCUT2D eigenvalue weighted by molar-refractivity contribution is 5.54. The summed E-state index contributed by atoms with van der Waals surface area (Å²) in [6.07, 6.45) is 4.68. The summed E-state index contributed by atoms with van der Waals surface area (Å²) in [5.74, 6) is 1.86. The van der Waals surface area contributed by atoms with E-state index >= 15 is 0 Å². The lowest BCUT2D eigenvalue weighted by atomic mass is 9.66. The van der Waals surface area contributed by atoms with Gasteiger partial charge in [-0.1, -0.05) is 12.8 Å². The van der Waals surface area contributed by atoms with Crippen molar-refractivity contribution in [1.82, 2.24) is 4.90 Å². The fourth-order valence-corrected chi connectivity index (χ4v) is 4.73. The van der Waals surface area contributed by atoms with Crippen molar-refractivity contribution in [3.8, 4) is 23.3 Å². The van der Waals surface area contributed by atoms with Gasteiger partial charge in [0.15, 0.2) is 11.5 Å². The van der Waals surface area contributed by atoms with Crippen LogP contribution >= 0.6 is 0 Å². The van der Waals surface area contributed by atoms with Crippen molar-refractivity contribution < 1.29 is 19.3 Å². The summed E-state index contributed by atoms with van der Waals surface area (Å²) in [5.41, 5.74) is 0.342. The number of ether oxygens (including phenoxy) is 3. The predicted octanol–water partition coefficient (Wildman–Crippen LogP) is 2.90. The molecule has 0 unspecified atom stereocenters. The largest absolute Gasteiger partial charge is 0.493 e. The highest BCUT2D eigenvalue weighted by atomic mass is 16.5. The van der Waals surface area contributed by atoms with Crippen LogP contribution in [0.1, 0.15) is 43.7 Å². The molecule has 2 aliphatic rings. The van der Waals surface area contributed by atoms with E-state index in [0.717, 1.165) is 37.7 Å². The van der Waals surface area contributed by atoms with Crippen LogP contribution in [-0.4, -0.2) is 50.0 Å². The summed E-state index contributed by atoms with van der Waals surface area (Å²) in [7, 11) is 4.79. The summed E-state index contributed by atoms with van der Waals surface area (Å²) >= 11 is 0. The van der Waals surface area contributed by atoms with Gasteiger partial charge in [0, 0.05) is 18.5 Å². The Kier molecular flexibility index (Phi) is 5.59. The third-order valence-electron chi connectivity index (χ3n) is 5.97. The quantitative estimate of drug-likeness (QED) is 0.814. The average Bonchev–Trinajstić information content (AvgIpc) is 2.66. The molecule has 6 heteroatoms. The maximum atomic E-state index is 11.3. The molecule has 0 bridgehead atoms. The molecule has 1 N–H and O–H groups in total. The van der Waals surface area contributed by atoms with E-state index in [0.29, 0.717) is 30.3 Å². The van der Waals surface area contributed by atoms with Crippen LogP contribution in [0.15, 0.2) is 12.1 Å². The molecule has 0 amide bonds. The van der Waals surface area contributed by atoms with Crippen LogP contribution in [-0.2, 0) is 0 Å². The number of benzene rings is 1. The Bertz CT molecular complexity index is 662. The average molecular weight is 360 g/mol. The molecule has 1 aromatic rings. The Morgan fingerprint density at radius 3 is 2.42 bits per heavy atom. The van der Waals surface area contributed by atoms with Crippen LogP contribution in [0.5, 0.6) is 17.2 Å². The number of hydrogen-bond donors (Lipinski definition) is 1. The van der Waals surface area contributed by atoms with Crippen molar-refractivity contribution in [1.29, 1.82) is 5.26 Å². The molecule has 1 heterocycles. The molecule has 1 saturated heterocycles. The Labute approximate surface area is 155 Å². The van der Waals surface area contributed by atoms with E-state index in [-0.39, 0.29) is 12.0 Å². The molecule has 2 fully saturated rings. The van der Waals surface area contributed by atoms with Crippen molar-refractivity contribution in [3.63, 3.8) is 0 Å². The van der Waals surface area contributed by atoms with E-state index in [1.165, 1.54) is 0 Å². The van der Waals surface area contributed by atoms with Gasteiger partial charge in [0.25, 0.3) is 0 Å². The minimum Gasteiger partial charge on any atom is -0.493 e. The summed E-state index contributed by atoms with van der Waals surface area (Å²) in [6.45, 7) is 1.05. The number of fused-ring (bicyclic) bond motifs is 1. The fourth-order valence-electron chi connectivity index (χ4n) is 4.73. The molecular formula is C20H28N2O4. The van der Waals surface area contributed by atoms with Gasteiger partial charge < -0.3 is 19.3 Å². The molecule has 142 valence electrons. The summed E-state index contributed by atoms with van der Waals surface area (Å²) < 4.78 is 16.5. The van der Waals surface area contributed by atoms with Gasteiger partial charge in [-0.05, 0) is 37.0 Å². The highest BCUT2D eigenvalue weighted by Gasteiger charge is 2.49. The Morgan fingerprint density at radius 1 is 1.15 bits per heavy atom. The number of nitriles is 1. The third kappa shape index (κ3) is 3.22. The van der Waals surface area contributed by atoms with Gasteiger partial charge in [-0.2, -0.15) is 5.26 Å². The smallest absolute Gasteiger partial charge is 0.203 e. The van der Waals surface area contributed by atoms with E-state index in [9.17, 15) is 10.4 Å². The van der Waals surface area contributed by atoms with Gasteiger partial charge in [-0.25, -0.2) is 0 Å². The molecule has 1 aromatic carbocycles. The number of methoxy groups -OCH3 is 3. The van der Waals surface area contributed by atoms with Crippen molar-refractivity contribution in [2.45, 2.75) is 43.7 Å². The van der Waals surface area contributed by atoms with E-state index in [4.69, 9.17) is 14.2 Å².